The molecule has 36 heavy (non-hydrogen) atoms. The van der Waals surface area contributed by atoms with Gasteiger partial charge in [-0.2, -0.15) is 0 Å². The van der Waals surface area contributed by atoms with E-state index in [1.807, 2.05) is 65.0 Å². The summed E-state index contributed by atoms with van der Waals surface area (Å²) < 4.78 is 5.20. The van der Waals surface area contributed by atoms with Crippen LogP contribution in [0.1, 0.15) is 50.5 Å². The van der Waals surface area contributed by atoms with Crippen LogP contribution >= 0.6 is 23.4 Å². The fourth-order valence-electron chi connectivity index (χ4n) is 4.10. The van der Waals surface area contributed by atoms with Gasteiger partial charge in [0.15, 0.2) is 6.10 Å². The molecule has 1 heterocycles. The van der Waals surface area contributed by atoms with Crippen LogP contribution in [-0.2, 0) is 20.7 Å². The first-order valence-electron chi connectivity index (χ1n) is 11.8. The van der Waals surface area contributed by atoms with Crippen LogP contribution < -0.4 is 11.1 Å². The third kappa shape index (κ3) is 7.02. The molecule has 0 aliphatic carbocycles. The molecule has 0 unspecified atom stereocenters. The van der Waals surface area contributed by atoms with E-state index in [1.54, 1.807) is 12.1 Å². The minimum Gasteiger partial charge on any atom is -0.447 e. The van der Waals surface area contributed by atoms with Crippen molar-refractivity contribution >= 4 is 41.1 Å². The molecule has 0 bridgehead atoms. The highest BCUT2D eigenvalue weighted by Gasteiger charge is 2.50. The summed E-state index contributed by atoms with van der Waals surface area (Å²) in [4.78, 5) is 41.7. The Labute approximate surface area is 222 Å². The number of benzene rings is 2. The van der Waals surface area contributed by atoms with Crippen LogP contribution in [0.4, 0.5) is 0 Å². The second-order valence-electron chi connectivity index (χ2n) is 10.5. The minimum absolute atomic E-state index is 0.252. The maximum atomic E-state index is 13.9. The molecule has 3 N–H and O–H groups in total. The lowest BCUT2D eigenvalue weighted by atomic mass is 9.96. The van der Waals surface area contributed by atoms with Gasteiger partial charge < -0.3 is 20.7 Å². The van der Waals surface area contributed by atoms with Crippen molar-refractivity contribution in [2.75, 3.05) is 5.88 Å². The van der Waals surface area contributed by atoms with Gasteiger partial charge >= 0.3 is 5.97 Å². The lowest BCUT2D eigenvalue weighted by molar-refractivity contribution is -0.147. The summed E-state index contributed by atoms with van der Waals surface area (Å²) in [5, 5.41) is 3.46. The molecule has 0 aromatic heterocycles. The molecular formula is C27H34ClN3O4S. The molecular weight excluding hydrogens is 498 g/mol. The van der Waals surface area contributed by atoms with Crippen LogP contribution in [0.15, 0.2) is 54.6 Å². The van der Waals surface area contributed by atoms with Crippen LogP contribution in [0.5, 0.6) is 0 Å². The molecule has 1 aliphatic heterocycles. The Morgan fingerprint density at radius 2 is 1.75 bits per heavy atom. The third-order valence-corrected chi connectivity index (χ3v) is 7.46. The summed E-state index contributed by atoms with van der Waals surface area (Å²) in [7, 11) is 0. The normalized spacial score (nSPS) is 18.9. The van der Waals surface area contributed by atoms with Gasteiger partial charge in [-0.3, -0.25) is 9.59 Å². The quantitative estimate of drug-likeness (QED) is 0.523. The van der Waals surface area contributed by atoms with Crippen molar-refractivity contribution in [1.29, 1.82) is 0 Å². The van der Waals surface area contributed by atoms with Crippen molar-refractivity contribution in [3.63, 3.8) is 0 Å². The van der Waals surface area contributed by atoms with E-state index in [0.29, 0.717) is 11.4 Å². The number of ether oxygens (including phenoxy) is 1. The molecule has 0 saturated carbocycles. The number of halogens is 1. The molecule has 2 amide bonds. The summed E-state index contributed by atoms with van der Waals surface area (Å²) in [6.07, 6.45) is -0.971. The zero-order valence-corrected chi connectivity index (χ0v) is 22.9. The molecule has 7 nitrogen and oxygen atoms in total. The zero-order valence-electron chi connectivity index (χ0n) is 21.3. The molecule has 0 radical (unpaired) electrons. The maximum Gasteiger partial charge on any atom is 0.338 e. The molecule has 0 spiro atoms. The number of nitrogens with one attached hydrogen (secondary N) is 1. The van der Waals surface area contributed by atoms with Gasteiger partial charge in [0.05, 0.1) is 17.5 Å². The average Bonchev–Trinajstić information content (AvgIpc) is 3.11. The van der Waals surface area contributed by atoms with Crippen molar-refractivity contribution in [3.05, 3.63) is 70.7 Å². The molecule has 2 aromatic rings. The molecule has 1 saturated heterocycles. The highest BCUT2D eigenvalue weighted by atomic mass is 35.5. The van der Waals surface area contributed by atoms with Crippen LogP contribution in [0, 0.1) is 0 Å². The molecule has 1 fully saturated rings. The van der Waals surface area contributed by atoms with Crippen molar-refractivity contribution < 1.29 is 19.1 Å². The SMILES string of the molecule is CC(C)(C)NC(=O)[C@H]1N(C(=O)[C@@H](OC(=O)c2ccc(Cl)cc2)[C@@H](N)Cc2ccccc2)CSC1(C)C. The standard InChI is InChI=1S/C27H34ClN3O4S/c1-26(2,3)30-23(32)22-27(4,5)36-16-31(22)24(33)21(20(29)15-17-9-7-6-8-10-17)35-25(34)18-11-13-19(28)14-12-18/h6-14,20-22H,15-16,29H2,1-5H3,(H,30,32)/t20-,21-,22+/m0/s1. The molecule has 9 heteroatoms. The first-order chi connectivity index (χ1) is 16.8. The van der Waals surface area contributed by atoms with Crippen LogP contribution in [0.2, 0.25) is 5.02 Å². The highest BCUT2D eigenvalue weighted by Crippen LogP contribution is 2.40. The molecule has 194 valence electrons. The third-order valence-electron chi connectivity index (χ3n) is 5.84. The van der Waals surface area contributed by atoms with E-state index in [4.69, 9.17) is 22.1 Å². The molecule has 2 aromatic carbocycles. The fourth-order valence-corrected chi connectivity index (χ4v) is 5.36. The first-order valence-corrected chi connectivity index (χ1v) is 13.2. The van der Waals surface area contributed by atoms with Gasteiger partial charge in [0.25, 0.3) is 5.91 Å². The topological polar surface area (TPSA) is 102 Å². The summed E-state index contributed by atoms with van der Waals surface area (Å²) in [6.45, 7) is 9.52. The van der Waals surface area contributed by atoms with E-state index in [9.17, 15) is 14.4 Å². The molecule has 3 rings (SSSR count). The molecule has 3 atom stereocenters. The molecule has 1 aliphatic rings. The largest absolute Gasteiger partial charge is 0.447 e. The number of carbonyl (C=O) groups is 3. The Kier molecular flexibility index (Phi) is 8.75. The second-order valence-corrected chi connectivity index (χ2v) is 12.5. The number of carbonyl (C=O) groups excluding carboxylic acids is 3. The monoisotopic (exact) mass is 531 g/mol. The Bertz CT molecular complexity index is 1090. The van der Waals surface area contributed by atoms with Gasteiger partial charge in [-0.1, -0.05) is 41.9 Å². The number of nitrogens with zero attached hydrogens (tertiary/aromatic N) is 1. The van der Waals surface area contributed by atoms with E-state index in [-0.39, 0.29) is 17.3 Å². The fraction of sp³-hybridized carbons (Fsp3) is 0.444. The Morgan fingerprint density at radius 1 is 1.14 bits per heavy atom. The smallest absolute Gasteiger partial charge is 0.338 e. The van der Waals surface area contributed by atoms with E-state index in [0.717, 1.165) is 5.56 Å². The maximum absolute atomic E-state index is 13.9. The predicted molar refractivity (Wildman–Crippen MR) is 144 cm³/mol. The zero-order chi connectivity index (χ0) is 26.7. The van der Waals surface area contributed by atoms with E-state index >= 15 is 0 Å². The number of nitrogens with two attached hydrogens (primary N) is 1. The first kappa shape index (κ1) is 28.0. The van der Waals surface area contributed by atoms with Crippen LogP contribution in [-0.4, -0.2) is 57.0 Å². The lowest BCUT2D eigenvalue weighted by Gasteiger charge is -2.35. The summed E-state index contributed by atoms with van der Waals surface area (Å²) in [6, 6.07) is 14.1. The Morgan fingerprint density at radius 3 is 2.33 bits per heavy atom. The summed E-state index contributed by atoms with van der Waals surface area (Å²) >= 11 is 7.44. The Hall–Kier alpha value is -2.55. The van der Waals surface area contributed by atoms with Gasteiger partial charge in [0.2, 0.25) is 5.91 Å². The van der Waals surface area contributed by atoms with Gasteiger partial charge in [-0.15, -0.1) is 11.8 Å². The van der Waals surface area contributed by atoms with Crippen LogP contribution in [0.25, 0.3) is 0 Å². The number of hydrogen-bond acceptors (Lipinski definition) is 6. The van der Waals surface area contributed by atoms with Gasteiger partial charge in [0, 0.05) is 15.3 Å². The van der Waals surface area contributed by atoms with Crippen molar-refractivity contribution in [3.8, 4) is 0 Å². The number of esters is 1. The number of amides is 2. The Balaban J connectivity index is 1.91. The highest BCUT2D eigenvalue weighted by molar-refractivity contribution is 8.00. The van der Waals surface area contributed by atoms with Crippen molar-refractivity contribution in [2.24, 2.45) is 5.73 Å². The summed E-state index contributed by atoms with van der Waals surface area (Å²) in [5.41, 5.74) is 7.19. The summed E-state index contributed by atoms with van der Waals surface area (Å²) in [5.74, 6) is -1.16. The van der Waals surface area contributed by atoms with Gasteiger partial charge in [0.1, 0.15) is 6.04 Å². The van der Waals surface area contributed by atoms with E-state index < -0.39 is 40.4 Å². The van der Waals surface area contributed by atoms with Gasteiger partial charge in [-0.05, 0) is 70.9 Å². The van der Waals surface area contributed by atoms with Crippen molar-refractivity contribution in [1.82, 2.24) is 10.2 Å². The second kappa shape index (κ2) is 11.2. The minimum atomic E-state index is -1.28. The number of thioether (sulfide) groups is 1. The van der Waals surface area contributed by atoms with Crippen LogP contribution in [0.3, 0.4) is 0 Å². The van der Waals surface area contributed by atoms with Crippen molar-refractivity contribution in [2.45, 2.75) is 69.5 Å². The number of rotatable bonds is 7. The van der Waals surface area contributed by atoms with E-state index in [2.05, 4.69) is 5.32 Å². The van der Waals surface area contributed by atoms with Gasteiger partial charge in [-0.25, -0.2) is 4.79 Å². The average molecular weight is 532 g/mol. The predicted octanol–water partition coefficient (Wildman–Crippen LogP) is 4.03. The van der Waals surface area contributed by atoms with E-state index in [1.165, 1.54) is 28.8 Å². The number of hydrogen-bond donors (Lipinski definition) is 2. The lowest BCUT2D eigenvalue weighted by Crippen LogP contribution is -2.60.